The molecule has 1 aliphatic heterocycles. The van der Waals surface area contributed by atoms with E-state index < -0.39 is 0 Å². The number of nitrogens with one attached hydrogen (secondary N) is 2. The summed E-state index contributed by atoms with van der Waals surface area (Å²) in [6.07, 6.45) is 6.61. The monoisotopic (exact) mass is 498 g/mol. The molecule has 0 aromatic carbocycles. The Balaban J connectivity index is 0.00000338. The second-order valence-electron chi connectivity index (χ2n) is 8.18. The standard InChI is InChI=1S/C19H38N4OS.HI/c1-7-20-18(22-16-8-9-17(10-16)25-6)21-13-19(4,5)23-11-14(2)24-15(3)12-23;/h14-17H,7-13H2,1-6H3,(H2,20,21,22);1H. The van der Waals surface area contributed by atoms with Crippen LogP contribution in [0, 0.1) is 0 Å². The second kappa shape index (κ2) is 11.3. The van der Waals surface area contributed by atoms with Crippen LogP contribution in [0.15, 0.2) is 4.99 Å². The van der Waals surface area contributed by atoms with Crippen molar-refractivity contribution in [1.29, 1.82) is 0 Å². The third-order valence-corrected chi connectivity index (χ3v) is 6.40. The Hall–Kier alpha value is 0.270. The molecule has 0 aromatic heterocycles. The number of morpholine rings is 1. The highest BCUT2D eigenvalue weighted by Crippen LogP contribution is 2.28. The smallest absolute Gasteiger partial charge is 0.191 e. The molecule has 1 saturated heterocycles. The Morgan fingerprint density at radius 2 is 1.88 bits per heavy atom. The predicted molar refractivity (Wildman–Crippen MR) is 125 cm³/mol. The highest BCUT2D eigenvalue weighted by Gasteiger charge is 2.33. The molecule has 1 saturated carbocycles. The molecule has 0 amide bonds. The fraction of sp³-hybridized carbons (Fsp3) is 0.947. The van der Waals surface area contributed by atoms with Gasteiger partial charge in [0, 0.05) is 36.5 Å². The van der Waals surface area contributed by atoms with Gasteiger partial charge in [0.05, 0.1) is 18.8 Å². The van der Waals surface area contributed by atoms with Gasteiger partial charge in [-0.05, 0) is 60.1 Å². The molecule has 0 radical (unpaired) electrons. The van der Waals surface area contributed by atoms with E-state index in [9.17, 15) is 0 Å². The van der Waals surface area contributed by atoms with Crippen LogP contribution in [0.1, 0.15) is 53.9 Å². The molecule has 0 bridgehead atoms. The van der Waals surface area contributed by atoms with Crippen molar-refractivity contribution >= 4 is 41.7 Å². The van der Waals surface area contributed by atoms with E-state index >= 15 is 0 Å². The summed E-state index contributed by atoms with van der Waals surface area (Å²) < 4.78 is 5.88. The molecule has 2 aliphatic rings. The lowest BCUT2D eigenvalue weighted by Gasteiger charge is -2.44. The lowest BCUT2D eigenvalue weighted by Crippen LogP contribution is -2.56. The normalized spacial score (nSPS) is 30.8. The van der Waals surface area contributed by atoms with Gasteiger partial charge in [-0.1, -0.05) is 0 Å². The minimum Gasteiger partial charge on any atom is -0.373 e. The molecule has 1 heterocycles. The number of hydrogen-bond acceptors (Lipinski definition) is 4. The third-order valence-electron chi connectivity index (χ3n) is 5.30. The largest absolute Gasteiger partial charge is 0.373 e. The van der Waals surface area contributed by atoms with Gasteiger partial charge in [0.25, 0.3) is 0 Å². The van der Waals surface area contributed by atoms with Crippen molar-refractivity contribution in [3.05, 3.63) is 0 Å². The molecule has 4 atom stereocenters. The van der Waals surface area contributed by atoms with Crippen LogP contribution >= 0.6 is 35.7 Å². The van der Waals surface area contributed by atoms with Crippen molar-refractivity contribution < 1.29 is 4.74 Å². The highest BCUT2D eigenvalue weighted by molar-refractivity contribution is 14.0. The maximum absolute atomic E-state index is 5.88. The fourth-order valence-corrected chi connectivity index (χ4v) is 4.64. The van der Waals surface area contributed by atoms with Crippen LogP contribution in [-0.4, -0.2) is 72.3 Å². The third kappa shape index (κ3) is 7.36. The van der Waals surface area contributed by atoms with Gasteiger partial charge >= 0.3 is 0 Å². The van der Waals surface area contributed by atoms with Crippen LogP contribution in [-0.2, 0) is 4.74 Å². The summed E-state index contributed by atoms with van der Waals surface area (Å²) in [5.41, 5.74) is 0.0339. The molecule has 2 N–H and O–H groups in total. The van der Waals surface area contributed by atoms with Crippen LogP contribution in [0.4, 0.5) is 0 Å². The number of ether oxygens (including phenoxy) is 1. The van der Waals surface area contributed by atoms with Crippen LogP contribution in [0.2, 0.25) is 0 Å². The molecular formula is C19H39IN4OS. The summed E-state index contributed by atoms with van der Waals surface area (Å²) >= 11 is 1.99. The second-order valence-corrected chi connectivity index (χ2v) is 9.32. The van der Waals surface area contributed by atoms with E-state index in [2.05, 4.69) is 56.4 Å². The van der Waals surface area contributed by atoms with Crippen molar-refractivity contribution in [1.82, 2.24) is 15.5 Å². The molecule has 5 nitrogen and oxygen atoms in total. The quantitative estimate of drug-likeness (QED) is 0.334. The molecule has 2 rings (SSSR count). The lowest BCUT2D eigenvalue weighted by molar-refractivity contribution is -0.0939. The summed E-state index contributed by atoms with van der Waals surface area (Å²) in [7, 11) is 0. The van der Waals surface area contributed by atoms with Crippen molar-refractivity contribution in [2.45, 2.75) is 82.9 Å². The first kappa shape index (κ1) is 24.3. The lowest BCUT2D eigenvalue weighted by atomic mass is 10.0. The summed E-state index contributed by atoms with van der Waals surface area (Å²) in [6.45, 7) is 14.7. The van der Waals surface area contributed by atoms with Crippen molar-refractivity contribution in [2.24, 2.45) is 4.99 Å². The molecule has 7 heteroatoms. The van der Waals surface area contributed by atoms with E-state index in [4.69, 9.17) is 9.73 Å². The topological polar surface area (TPSA) is 48.9 Å². The molecule has 26 heavy (non-hydrogen) atoms. The van der Waals surface area contributed by atoms with Crippen LogP contribution < -0.4 is 10.6 Å². The number of rotatable bonds is 6. The zero-order chi connectivity index (χ0) is 18.4. The molecule has 2 fully saturated rings. The summed E-state index contributed by atoms with van der Waals surface area (Å²) in [5.74, 6) is 0.969. The Labute approximate surface area is 181 Å². The Morgan fingerprint density at radius 3 is 2.42 bits per heavy atom. The number of halogens is 1. The van der Waals surface area contributed by atoms with E-state index in [0.29, 0.717) is 18.2 Å². The van der Waals surface area contributed by atoms with E-state index in [-0.39, 0.29) is 29.5 Å². The van der Waals surface area contributed by atoms with Gasteiger partial charge in [-0.25, -0.2) is 0 Å². The molecule has 154 valence electrons. The Kier molecular flexibility index (Phi) is 10.6. The summed E-state index contributed by atoms with van der Waals surface area (Å²) in [6, 6.07) is 0.557. The molecular weight excluding hydrogens is 459 g/mol. The number of nitrogens with zero attached hydrogens (tertiary/aromatic N) is 2. The minimum absolute atomic E-state index is 0. The van der Waals surface area contributed by atoms with Gasteiger partial charge in [0.1, 0.15) is 0 Å². The highest BCUT2D eigenvalue weighted by atomic mass is 127. The zero-order valence-corrected chi connectivity index (χ0v) is 20.5. The van der Waals surface area contributed by atoms with Gasteiger partial charge in [0.15, 0.2) is 5.96 Å². The maximum atomic E-state index is 5.88. The maximum Gasteiger partial charge on any atom is 0.191 e. The summed E-state index contributed by atoms with van der Waals surface area (Å²) in [5, 5.41) is 7.88. The number of thioether (sulfide) groups is 1. The van der Waals surface area contributed by atoms with Crippen molar-refractivity contribution in [3.63, 3.8) is 0 Å². The summed E-state index contributed by atoms with van der Waals surface area (Å²) in [4.78, 5) is 7.46. The van der Waals surface area contributed by atoms with E-state index in [1.54, 1.807) is 0 Å². The molecule has 4 unspecified atom stereocenters. The van der Waals surface area contributed by atoms with Gasteiger partial charge in [-0.2, -0.15) is 11.8 Å². The zero-order valence-electron chi connectivity index (χ0n) is 17.4. The number of aliphatic imine (C=N–C) groups is 1. The SMILES string of the molecule is CCNC(=NCC(C)(C)N1CC(C)OC(C)C1)NC1CCC(SC)C1.I. The molecule has 0 spiro atoms. The molecule has 1 aliphatic carbocycles. The minimum atomic E-state index is 0. The van der Waals surface area contributed by atoms with Crippen molar-refractivity contribution in [3.8, 4) is 0 Å². The van der Waals surface area contributed by atoms with Crippen molar-refractivity contribution in [2.75, 3.05) is 32.4 Å². The predicted octanol–water partition coefficient (Wildman–Crippen LogP) is 3.33. The van der Waals surface area contributed by atoms with Gasteiger partial charge in [-0.15, -0.1) is 24.0 Å². The fourth-order valence-electron chi connectivity index (χ4n) is 3.84. The van der Waals surface area contributed by atoms with E-state index in [1.165, 1.54) is 19.3 Å². The first-order valence-electron chi connectivity index (χ1n) is 9.82. The van der Waals surface area contributed by atoms with Gasteiger partial charge in [0.2, 0.25) is 0 Å². The average Bonchev–Trinajstić information content (AvgIpc) is 3.00. The molecule has 0 aromatic rings. The Bertz CT molecular complexity index is 439. The Morgan fingerprint density at radius 1 is 1.23 bits per heavy atom. The number of hydrogen-bond donors (Lipinski definition) is 2. The average molecular weight is 499 g/mol. The number of guanidine groups is 1. The van der Waals surface area contributed by atoms with Crippen LogP contribution in [0.5, 0.6) is 0 Å². The van der Waals surface area contributed by atoms with Crippen LogP contribution in [0.3, 0.4) is 0 Å². The first-order chi connectivity index (χ1) is 11.8. The van der Waals surface area contributed by atoms with Gasteiger partial charge in [-0.3, -0.25) is 9.89 Å². The first-order valence-corrected chi connectivity index (χ1v) is 11.1. The van der Waals surface area contributed by atoms with E-state index in [1.807, 2.05) is 11.8 Å². The van der Waals surface area contributed by atoms with E-state index in [0.717, 1.165) is 37.4 Å². The van der Waals surface area contributed by atoms with Gasteiger partial charge < -0.3 is 15.4 Å². The van der Waals surface area contributed by atoms with Crippen LogP contribution in [0.25, 0.3) is 0 Å².